The number of aromatic nitrogens is 2. The minimum Gasteiger partial charge on any atom is -0.411 e. The highest BCUT2D eigenvalue weighted by Crippen LogP contribution is 2.49. The molecule has 3 rings (SSSR count). The van der Waals surface area contributed by atoms with Gasteiger partial charge >= 0.3 is 0 Å². The minimum atomic E-state index is -1.91. The van der Waals surface area contributed by atoms with Crippen LogP contribution in [0.25, 0.3) is 0 Å². The molecule has 5 nitrogen and oxygen atoms in total. The second-order valence-corrected chi connectivity index (χ2v) is 14.7. The van der Waals surface area contributed by atoms with Gasteiger partial charge in [0.25, 0.3) is 0 Å². The van der Waals surface area contributed by atoms with Crippen LogP contribution in [0.15, 0.2) is 5.03 Å². The quantitative estimate of drug-likeness (QED) is 0.575. The molecule has 1 aliphatic heterocycles. The van der Waals surface area contributed by atoms with Gasteiger partial charge in [-0.05, 0) is 38.2 Å². The summed E-state index contributed by atoms with van der Waals surface area (Å²) >= 11 is 1.72. The molecule has 2 aliphatic rings. The van der Waals surface area contributed by atoms with Gasteiger partial charge in [-0.2, -0.15) is 5.10 Å². The van der Waals surface area contributed by atoms with Crippen LogP contribution in [0.1, 0.15) is 52.0 Å². The van der Waals surface area contributed by atoms with Crippen molar-refractivity contribution < 1.29 is 13.9 Å². The molecule has 1 aromatic rings. The highest BCUT2D eigenvalue weighted by Gasteiger charge is 2.53. The van der Waals surface area contributed by atoms with E-state index in [9.17, 15) is 0 Å². The lowest BCUT2D eigenvalue weighted by atomic mass is 9.90. The summed E-state index contributed by atoms with van der Waals surface area (Å²) in [5.41, 5.74) is 2.29. The smallest absolute Gasteiger partial charge is 0.192 e. The van der Waals surface area contributed by atoms with Crippen LogP contribution in [0.5, 0.6) is 0 Å². The largest absolute Gasteiger partial charge is 0.411 e. The molecule has 0 radical (unpaired) electrons. The Bertz CT molecular complexity index is 666. The topological polar surface area (TPSA) is 45.5 Å². The van der Waals surface area contributed by atoms with E-state index < -0.39 is 14.1 Å². The van der Waals surface area contributed by atoms with Crippen molar-refractivity contribution in [1.82, 2.24) is 9.78 Å². The number of rotatable bonds is 3. The van der Waals surface area contributed by atoms with Crippen molar-refractivity contribution >= 4 is 20.1 Å². The summed E-state index contributed by atoms with van der Waals surface area (Å²) in [6, 6.07) is 0. The maximum atomic E-state index is 6.77. The lowest BCUT2D eigenvalue weighted by molar-refractivity contribution is -0.153. The monoisotopic (exact) mass is 384 g/mol. The fourth-order valence-electron chi connectivity index (χ4n) is 3.51. The molecule has 142 valence electrons. The molecule has 0 saturated carbocycles. The first-order chi connectivity index (χ1) is 11.4. The van der Waals surface area contributed by atoms with Crippen LogP contribution in [0, 0.1) is 0 Å². The number of nitrogens with zero attached hydrogens (tertiary/aromatic N) is 2. The van der Waals surface area contributed by atoms with Crippen LogP contribution in [0.2, 0.25) is 18.1 Å². The Labute approximate surface area is 156 Å². The summed E-state index contributed by atoms with van der Waals surface area (Å²) in [5, 5.41) is 6.09. The number of hydrogen-bond acceptors (Lipinski definition) is 5. The van der Waals surface area contributed by atoms with Crippen LogP contribution in [-0.4, -0.2) is 42.3 Å². The van der Waals surface area contributed by atoms with Crippen molar-refractivity contribution in [2.45, 2.75) is 88.3 Å². The molecule has 0 spiro atoms. The summed E-state index contributed by atoms with van der Waals surface area (Å²) in [4.78, 5) is 0. The van der Waals surface area contributed by atoms with Crippen molar-refractivity contribution in [2.75, 3.05) is 6.26 Å². The third kappa shape index (κ3) is 3.34. The van der Waals surface area contributed by atoms with E-state index in [0.29, 0.717) is 0 Å². The average molecular weight is 385 g/mol. The van der Waals surface area contributed by atoms with Gasteiger partial charge < -0.3 is 13.9 Å². The molecule has 3 atom stereocenters. The van der Waals surface area contributed by atoms with E-state index in [1.54, 1.807) is 11.8 Å². The van der Waals surface area contributed by atoms with Crippen LogP contribution in [-0.2, 0) is 27.4 Å². The fraction of sp³-hybridized carbons (Fsp3) is 0.833. The highest BCUT2D eigenvalue weighted by atomic mass is 32.2. The molecule has 7 heteroatoms. The Kier molecular flexibility index (Phi) is 4.73. The summed E-state index contributed by atoms with van der Waals surface area (Å²) in [6.07, 6.45) is 2.68. The summed E-state index contributed by atoms with van der Waals surface area (Å²) in [5.74, 6) is -0.600. The number of hydrogen-bond donors (Lipinski definition) is 0. The Balaban J connectivity index is 2.00. The Morgan fingerprint density at radius 3 is 2.48 bits per heavy atom. The molecule has 0 N–H and O–H groups in total. The van der Waals surface area contributed by atoms with E-state index in [2.05, 4.69) is 40.1 Å². The van der Waals surface area contributed by atoms with Crippen molar-refractivity contribution in [3.63, 3.8) is 0 Å². The predicted octanol–water partition coefficient (Wildman–Crippen LogP) is 4.28. The van der Waals surface area contributed by atoms with E-state index in [4.69, 9.17) is 19.0 Å². The van der Waals surface area contributed by atoms with Crippen molar-refractivity contribution in [1.29, 1.82) is 0 Å². The SMILES string of the molecule is CSc1c2c(nn1C)C[C@@H](O[Si](C)(C)C(C)(C)C)[C@@H]1OC(C)(C)O[C@H]21. The zero-order valence-corrected chi connectivity index (χ0v) is 18.8. The molecule has 0 bridgehead atoms. The molecule has 0 aromatic carbocycles. The highest BCUT2D eigenvalue weighted by molar-refractivity contribution is 7.98. The first-order valence-electron chi connectivity index (χ1n) is 8.99. The lowest BCUT2D eigenvalue weighted by Gasteiger charge is -2.42. The number of ether oxygens (including phenoxy) is 2. The molecule has 2 heterocycles. The van der Waals surface area contributed by atoms with Crippen LogP contribution >= 0.6 is 11.8 Å². The van der Waals surface area contributed by atoms with Crippen molar-refractivity contribution in [2.24, 2.45) is 7.05 Å². The van der Waals surface area contributed by atoms with Crippen molar-refractivity contribution in [3.8, 4) is 0 Å². The zero-order chi connectivity index (χ0) is 18.8. The standard InChI is InChI=1S/C18H32N2O3SSi/c1-17(2,3)25(8,9)23-12-10-11-13(16(24-7)20(6)19-11)15-14(12)21-18(4,5)22-15/h12,14-15H,10H2,1-9H3/t12-,14+,15-/m1/s1. The summed E-state index contributed by atoms with van der Waals surface area (Å²) in [6.45, 7) is 15.4. The Hall–Kier alpha value is -0.343. The second-order valence-electron chi connectivity index (χ2n) is 9.13. The molecule has 1 fully saturated rings. The van der Waals surface area contributed by atoms with Gasteiger partial charge in [-0.1, -0.05) is 20.8 Å². The van der Waals surface area contributed by atoms with Crippen LogP contribution < -0.4 is 0 Å². The molecule has 1 aromatic heterocycles. The normalized spacial score (nSPS) is 28.8. The molecule has 1 saturated heterocycles. The first-order valence-corrected chi connectivity index (χ1v) is 13.1. The van der Waals surface area contributed by atoms with Gasteiger partial charge in [-0.15, -0.1) is 11.8 Å². The van der Waals surface area contributed by atoms with Gasteiger partial charge in [0.15, 0.2) is 14.1 Å². The van der Waals surface area contributed by atoms with Crippen LogP contribution in [0.3, 0.4) is 0 Å². The average Bonchev–Trinajstić information content (AvgIpc) is 2.92. The molecule has 25 heavy (non-hydrogen) atoms. The number of thioether (sulfide) groups is 1. The minimum absolute atomic E-state index is 0.00947. The molecule has 1 aliphatic carbocycles. The summed E-state index contributed by atoms with van der Waals surface area (Å²) < 4.78 is 21.4. The van der Waals surface area contributed by atoms with E-state index in [-0.39, 0.29) is 23.4 Å². The molecular weight excluding hydrogens is 352 g/mol. The number of fused-ring (bicyclic) bond motifs is 3. The van der Waals surface area contributed by atoms with E-state index in [0.717, 1.165) is 17.1 Å². The summed E-state index contributed by atoms with van der Waals surface area (Å²) in [7, 11) is 0.0936. The van der Waals surface area contributed by atoms with Gasteiger partial charge in [0.1, 0.15) is 12.2 Å². The van der Waals surface area contributed by atoms with Gasteiger partial charge in [-0.3, -0.25) is 4.68 Å². The van der Waals surface area contributed by atoms with E-state index in [1.165, 1.54) is 5.56 Å². The predicted molar refractivity (Wildman–Crippen MR) is 104 cm³/mol. The van der Waals surface area contributed by atoms with Gasteiger partial charge in [0.2, 0.25) is 0 Å². The Morgan fingerprint density at radius 1 is 1.28 bits per heavy atom. The van der Waals surface area contributed by atoms with Gasteiger partial charge in [-0.25, -0.2) is 0 Å². The molecule has 0 unspecified atom stereocenters. The van der Waals surface area contributed by atoms with E-state index >= 15 is 0 Å². The Morgan fingerprint density at radius 2 is 1.92 bits per heavy atom. The first kappa shape index (κ1) is 19.4. The van der Waals surface area contributed by atoms with E-state index in [1.807, 2.05) is 25.6 Å². The van der Waals surface area contributed by atoms with Crippen molar-refractivity contribution in [3.05, 3.63) is 11.3 Å². The second kappa shape index (κ2) is 6.09. The number of aryl methyl sites for hydroxylation is 1. The lowest BCUT2D eigenvalue weighted by Crippen LogP contribution is -2.50. The van der Waals surface area contributed by atoms with Crippen LogP contribution in [0.4, 0.5) is 0 Å². The maximum Gasteiger partial charge on any atom is 0.192 e. The molecular formula is C18H32N2O3SSi. The molecule has 0 amide bonds. The maximum absolute atomic E-state index is 6.77. The third-order valence-electron chi connectivity index (χ3n) is 5.73. The van der Waals surface area contributed by atoms with Gasteiger partial charge in [0, 0.05) is 19.0 Å². The zero-order valence-electron chi connectivity index (χ0n) is 17.0. The van der Waals surface area contributed by atoms with Gasteiger partial charge in [0.05, 0.1) is 16.8 Å². The third-order valence-corrected chi connectivity index (χ3v) is 11.1. The fourth-order valence-corrected chi connectivity index (χ4v) is 5.60.